The van der Waals surface area contributed by atoms with Crippen LogP contribution in [0, 0.1) is 5.82 Å². The number of nitrogens with zero attached hydrogens (tertiary/aromatic N) is 2. The topological polar surface area (TPSA) is 45.2 Å². The minimum atomic E-state index is -0.289. The SMILES string of the molecule is CNC1CCN(C(=O)c2cc(-c3ccc(F)cc3)nc3ccccc23)CC1. The van der Waals surface area contributed by atoms with Crippen LogP contribution in [-0.4, -0.2) is 42.0 Å². The van der Waals surface area contributed by atoms with Crippen LogP contribution in [0.4, 0.5) is 4.39 Å². The first-order chi connectivity index (χ1) is 13.2. The Labute approximate surface area is 158 Å². The van der Waals surface area contributed by atoms with Gasteiger partial charge in [-0.05, 0) is 56.3 Å². The first-order valence-electron chi connectivity index (χ1n) is 9.28. The van der Waals surface area contributed by atoms with E-state index in [1.165, 1.54) is 12.1 Å². The maximum Gasteiger partial charge on any atom is 0.254 e. The number of para-hydroxylation sites is 1. The van der Waals surface area contributed by atoms with E-state index in [0.717, 1.165) is 42.4 Å². The Morgan fingerprint density at radius 3 is 2.52 bits per heavy atom. The fraction of sp³-hybridized carbons (Fsp3) is 0.273. The normalized spacial score (nSPS) is 15.3. The van der Waals surface area contributed by atoms with E-state index in [-0.39, 0.29) is 11.7 Å². The number of aromatic nitrogens is 1. The van der Waals surface area contributed by atoms with E-state index in [1.54, 1.807) is 12.1 Å². The number of carbonyl (C=O) groups excluding carboxylic acids is 1. The molecule has 0 atom stereocenters. The van der Waals surface area contributed by atoms with Gasteiger partial charge in [-0.1, -0.05) is 18.2 Å². The van der Waals surface area contributed by atoms with Crippen LogP contribution >= 0.6 is 0 Å². The van der Waals surface area contributed by atoms with Crippen LogP contribution in [0.5, 0.6) is 0 Å². The van der Waals surface area contributed by atoms with Gasteiger partial charge in [0.1, 0.15) is 5.82 Å². The van der Waals surface area contributed by atoms with Crippen molar-refractivity contribution in [3.05, 3.63) is 66.0 Å². The molecule has 3 aromatic rings. The van der Waals surface area contributed by atoms with E-state index in [1.807, 2.05) is 42.3 Å². The molecule has 1 aliphatic rings. The second-order valence-corrected chi connectivity index (χ2v) is 6.93. The van der Waals surface area contributed by atoms with Gasteiger partial charge in [0.15, 0.2) is 0 Å². The van der Waals surface area contributed by atoms with Crippen molar-refractivity contribution in [2.75, 3.05) is 20.1 Å². The van der Waals surface area contributed by atoms with E-state index in [0.29, 0.717) is 17.3 Å². The second kappa shape index (κ2) is 7.45. The van der Waals surface area contributed by atoms with Crippen molar-refractivity contribution >= 4 is 16.8 Å². The van der Waals surface area contributed by atoms with Gasteiger partial charge in [0.25, 0.3) is 5.91 Å². The van der Waals surface area contributed by atoms with E-state index in [9.17, 15) is 9.18 Å². The zero-order valence-corrected chi connectivity index (χ0v) is 15.3. The molecular formula is C22H22FN3O. The molecule has 1 fully saturated rings. The summed E-state index contributed by atoms with van der Waals surface area (Å²) in [5.74, 6) is -0.255. The number of nitrogens with one attached hydrogen (secondary N) is 1. The number of piperidine rings is 1. The number of benzene rings is 2. The van der Waals surface area contributed by atoms with E-state index >= 15 is 0 Å². The summed E-state index contributed by atoms with van der Waals surface area (Å²) in [5.41, 5.74) is 2.91. The number of halogens is 1. The third-order valence-electron chi connectivity index (χ3n) is 5.28. The van der Waals surface area contributed by atoms with Crippen LogP contribution in [0.1, 0.15) is 23.2 Å². The van der Waals surface area contributed by atoms with Gasteiger partial charge < -0.3 is 10.2 Å². The van der Waals surface area contributed by atoms with Crippen LogP contribution in [0.15, 0.2) is 54.6 Å². The van der Waals surface area contributed by atoms with E-state index < -0.39 is 0 Å². The number of likely N-dealkylation sites (tertiary alicyclic amines) is 1. The van der Waals surface area contributed by atoms with Gasteiger partial charge in [-0.3, -0.25) is 4.79 Å². The van der Waals surface area contributed by atoms with Gasteiger partial charge in [-0.25, -0.2) is 9.37 Å². The zero-order chi connectivity index (χ0) is 18.8. The summed E-state index contributed by atoms with van der Waals surface area (Å²) in [6.45, 7) is 1.49. The second-order valence-electron chi connectivity index (χ2n) is 6.93. The lowest BCUT2D eigenvalue weighted by molar-refractivity contribution is 0.0709. The molecule has 1 aliphatic heterocycles. The Morgan fingerprint density at radius 2 is 1.81 bits per heavy atom. The summed E-state index contributed by atoms with van der Waals surface area (Å²) < 4.78 is 13.3. The monoisotopic (exact) mass is 363 g/mol. The van der Waals surface area contributed by atoms with Gasteiger partial charge in [-0.15, -0.1) is 0 Å². The molecule has 0 radical (unpaired) electrons. The fourth-order valence-corrected chi connectivity index (χ4v) is 3.66. The molecule has 0 spiro atoms. The summed E-state index contributed by atoms with van der Waals surface area (Å²) in [6.07, 6.45) is 1.91. The number of rotatable bonds is 3. The number of fused-ring (bicyclic) bond motifs is 1. The largest absolute Gasteiger partial charge is 0.339 e. The summed E-state index contributed by atoms with van der Waals surface area (Å²) in [6, 6.07) is 16.2. The average molecular weight is 363 g/mol. The minimum absolute atomic E-state index is 0.0338. The van der Waals surface area contributed by atoms with Crippen LogP contribution in [0.3, 0.4) is 0 Å². The molecule has 1 saturated heterocycles. The van der Waals surface area contributed by atoms with Gasteiger partial charge in [0, 0.05) is 30.1 Å². The summed E-state index contributed by atoms with van der Waals surface area (Å²) in [4.78, 5) is 19.9. The number of hydrogen-bond donors (Lipinski definition) is 1. The van der Waals surface area contributed by atoms with Crippen molar-refractivity contribution < 1.29 is 9.18 Å². The smallest absolute Gasteiger partial charge is 0.254 e. The number of carbonyl (C=O) groups is 1. The van der Waals surface area contributed by atoms with Crippen molar-refractivity contribution in [3.8, 4) is 11.3 Å². The highest BCUT2D eigenvalue weighted by Crippen LogP contribution is 2.27. The molecule has 0 unspecified atom stereocenters. The number of amides is 1. The molecule has 1 N–H and O–H groups in total. The van der Waals surface area contributed by atoms with Gasteiger partial charge in [0.05, 0.1) is 16.8 Å². The van der Waals surface area contributed by atoms with Crippen molar-refractivity contribution in [2.45, 2.75) is 18.9 Å². The highest BCUT2D eigenvalue weighted by molar-refractivity contribution is 6.07. The minimum Gasteiger partial charge on any atom is -0.339 e. The van der Waals surface area contributed by atoms with Gasteiger partial charge >= 0.3 is 0 Å². The molecule has 0 bridgehead atoms. The highest BCUT2D eigenvalue weighted by Gasteiger charge is 2.24. The van der Waals surface area contributed by atoms with Gasteiger partial charge in [-0.2, -0.15) is 0 Å². The molecule has 27 heavy (non-hydrogen) atoms. The first-order valence-corrected chi connectivity index (χ1v) is 9.28. The van der Waals surface area contributed by atoms with Crippen LogP contribution in [-0.2, 0) is 0 Å². The van der Waals surface area contributed by atoms with Crippen molar-refractivity contribution in [1.82, 2.24) is 15.2 Å². The van der Waals surface area contributed by atoms with Crippen LogP contribution in [0.2, 0.25) is 0 Å². The predicted octanol–water partition coefficient (Wildman–Crippen LogP) is 3.86. The Morgan fingerprint density at radius 1 is 1.11 bits per heavy atom. The number of hydrogen-bond acceptors (Lipinski definition) is 3. The lowest BCUT2D eigenvalue weighted by atomic mass is 10.0. The van der Waals surface area contributed by atoms with Gasteiger partial charge in [0.2, 0.25) is 0 Å². The van der Waals surface area contributed by atoms with Crippen molar-refractivity contribution in [3.63, 3.8) is 0 Å². The highest BCUT2D eigenvalue weighted by atomic mass is 19.1. The molecule has 1 amide bonds. The first kappa shape index (κ1) is 17.6. The predicted molar refractivity (Wildman–Crippen MR) is 105 cm³/mol. The van der Waals surface area contributed by atoms with E-state index in [4.69, 9.17) is 0 Å². The fourth-order valence-electron chi connectivity index (χ4n) is 3.66. The molecule has 2 aromatic carbocycles. The molecular weight excluding hydrogens is 341 g/mol. The molecule has 0 saturated carbocycles. The summed E-state index contributed by atoms with van der Waals surface area (Å²) in [7, 11) is 1.97. The van der Waals surface area contributed by atoms with Crippen molar-refractivity contribution in [1.29, 1.82) is 0 Å². The Balaban J connectivity index is 1.74. The lowest BCUT2D eigenvalue weighted by Gasteiger charge is -2.32. The Hall–Kier alpha value is -2.79. The quantitative estimate of drug-likeness (QED) is 0.768. The molecule has 1 aromatic heterocycles. The molecule has 4 nitrogen and oxygen atoms in total. The Bertz CT molecular complexity index is 963. The molecule has 5 heteroatoms. The average Bonchev–Trinajstić information content (AvgIpc) is 2.73. The third-order valence-corrected chi connectivity index (χ3v) is 5.28. The maximum absolute atomic E-state index is 13.3. The van der Waals surface area contributed by atoms with Crippen LogP contribution in [0.25, 0.3) is 22.2 Å². The maximum atomic E-state index is 13.3. The summed E-state index contributed by atoms with van der Waals surface area (Å²) in [5, 5.41) is 4.14. The molecule has 138 valence electrons. The Kier molecular flexibility index (Phi) is 4.86. The van der Waals surface area contributed by atoms with Crippen molar-refractivity contribution in [2.24, 2.45) is 0 Å². The summed E-state index contributed by atoms with van der Waals surface area (Å²) >= 11 is 0. The van der Waals surface area contributed by atoms with Crippen LogP contribution < -0.4 is 5.32 Å². The van der Waals surface area contributed by atoms with E-state index in [2.05, 4.69) is 10.3 Å². The number of pyridine rings is 1. The molecule has 2 heterocycles. The molecule has 4 rings (SSSR count). The third kappa shape index (κ3) is 3.55. The lowest BCUT2D eigenvalue weighted by Crippen LogP contribution is -2.44. The standard InChI is InChI=1S/C22H22FN3O/c1-24-17-10-12-26(13-11-17)22(27)19-14-21(15-6-8-16(23)9-7-15)25-20-5-3-2-4-18(19)20/h2-9,14,17,24H,10-13H2,1H3. The zero-order valence-electron chi connectivity index (χ0n) is 15.3. The molecule has 0 aliphatic carbocycles.